The molecule has 2 heterocycles. The Labute approximate surface area is 400 Å². The number of fused-ring (bicyclic) bond motifs is 3. The van der Waals surface area contributed by atoms with Crippen LogP contribution in [-0.2, 0) is 34.4 Å². The molecular weight excluding hydrogens is 862 g/mol. The molecule has 1 spiro atoms. The van der Waals surface area contributed by atoms with Gasteiger partial charge in [-0.05, 0) is 158 Å². The summed E-state index contributed by atoms with van der Waals surface area (Å²) in [7, 11) is 5.23. The largest absolute Gasteiger partial charge is 0.494 e. The molecule has 0 saturated heterocycles. The van der Waals surface area contributed by atoms with Crippen LogP contribution in [-0.4, -0.2) is 82.6 Å². The first-order valence-corrected chi connectivity index (χ1v) is 24.3. The second-order valence-corrected chi connectivity index (χ2v) is 20.0. The van der Waals surface area contributed by atoms with Gasteiger partial charge >= 0.3 is 5.97 Å². The topological polar surface area (TPSA) is 134 Å². The van der Waals surface area contributed by atoms with Gasteiger partial charge in [-0.1, -0.05) is 61.8 Å². The van der Waals surface area contributed by atoms with Crippen LogP contribution in [0.1, 0.15) is 116 Å². The Morgan fingerprint density at radius 1 is 0.925 bits per heavy atom. The number of halogens is 1. The van der Waals surface area contributed by atoms with Gasteiger partial charge < -0.3 is 29.7 Å². The molecule has 3 aliphatic carbocycles. The van der Waals surface area contributed by atoms with E-state index >= 15 is 0 Å². The molecule has 5 aromatic rings. The molecule has 3 aliphatic rings. The number of ether oxygens (including phenoxy) is 2. The summed E-state index contributed by atoms with van der Waals surface area (Å²) in [4.78, 5) is 51.1. The van der Waals surface area contributed by atoms with Crippen molar-refractivity contribution in [2.75, 3.05) is 39.7 Å². The number of aromatic nitrogens is 2. The molecule has 0 radical (unpaired) electrons. The van der Waals surface area contributed by atoms with E-state index in [-0.39, 0.29) is 23.1 Å². The van der Waals surface area contributed by atoms with Crippen LogP contribution < -0.4 is 14.8 Å². The number of amides is 2. The lowest BCUT2D eigenvalue weighted by Crippen LogP contribution is -2.53. The molecule has 2 N–H and O–H groups in total. The molecule has 0 bridgehead atoms. The number of anilines is 1. The standard InChI is InChI=1S/C55H64ClN5O6/c1-36(35-67-49-21-26-57-47-15-6-10-37(2)51(47)49)28-42-30-40-17-19-45(32-46(40)54(42)22-24-55(25-23-54,53(64)65)59-44-14-8-13-43(56)31-44)66-27-9-16-50(62)61(5)34-38-11-7-12-39(29-38)41-18-20-48(58-33-41)52(63)60(3)4/h7-8,11-14,17-21,26,29,31-33,36-37,42,59H,6,9-10,15-16,22-25,27-28,30,34-35H2,1-5H3,(H,64,65)/t36-,37-,42+,54?,55?/m1/s1. The number of carboxylic acids is 1. The first-order chi connectivity index (χ1) is 32.2. The lowest BCUT2D eigenvalue weighted by atomic mass is 9.59. The Kier molecular flexibility index (Phi) is 14.6. The Morgan fingerprint density at radius 2 is 1.73 bits per heavy atom. The van der Waals surface area contributed by atoms with Crippen LogP contribution in [0.3, 0.4) is 0 Å². The molecule has 2 amide bonds. The summed E-state index contributed by atoms with van der Waals surface area (Å²) >= 11 is 6.33. The van der Waals surface area contributed by atoms with Crippen LogP contribution in [0.5, 0.6) is 11.5 Å². The predicted molar refractivity (Wildman–Crippen MR) is 263 cm³/mol. The van der Waals surface area contributed by atoms with Gasteiger partial charge in [-0.3, -0.25) is 19.6 Å². The smallest absolute Gasteiger partial charge is 0.329 e. The van der Waals surface area contributed by atoms with E-state index in [1.54, 1.807) is 43.4 Å². The number of hydrogen-bond donors (Lipinski definition) is 2. The minimum atomic E-state index is -1.12. The molecule has 0 aliphatic heterocycles. The predicted octanol–water partition coefficient (Wildman–Crippen LogP) is 10.8. The second-order valence-electron chi connectivity index (χ2n) is 19.5. The fourth-order valence-corrected chi connectivity index (χ4v) is 11.1. The van der Waals surface area contributed by atoms with Gasteiger partial charge in [0.2, 0.25) is 5.91 Å². The van der Waals surface area contributed by atoms with E-state index < -0.39 is 11.5 Å². The SMILES string of the molecule is C[C@@H](COc1ccnc2c1[C@H](C)CCC2)C[C@H]1Cc2ccc(OCCCC(=O)N(C)Cc3cccc(-c4ccc(C(=O)N(C)C)nc4)c3)cc2C12CCC(Nc1cccc(Cl)c1)(C(=O)O)CC2. The molecule has 8 rings (SSSR count). The van der Waals surface area contributed by atoms with Gasteiger partial charge in [0.25, 0.3) is 5.91 Å². The van der Waals surface area contributed by atoms with E-state index in [4.69, 9.17) is 21.1 Å². The number of carbonyl (C=O) groups is 3. The lowest BCUT2D eigenvalue weighted by Gasteiger charge is -2.47. The first-order valence-electron chi connectivity index (χ1n) is 23.9. The van der Waals surface area contributed by atoms with Gasteiger partial charge in [0, 0.05) is 74.0 Å². The Bertz CT molecular complexity index is 2570. The van der Waals surface area contributed by atoms with Gasteiger partial charge in [0.05, 0.1) is 13.2 Å². The van der Waals surface area contributed by atoms with E-state index in [1.165, 1.54) is 21.6 Å². The van der Waals surface area contributed by atoms with Gasteiger partial charge in [0.15, 0.2) is 0 Å². The average Bonchev–Trinajstić information content (AvgIpc) is 3.60. The van der Waals surface area contributed by atoms with Gasteiger partial charge in [-0.15, -0.1) is 0 Å². The Morgan fingerprint density at radius 3 is 2.48 bits per heavy atom. The fourth-order valence-electron chi connectivity index (χ4n) is 10.9. The number of nitrogens with one attached hydrogen (secondary N) is 1. The summed E-state index contributed by atoms with van der Waals surface area (Å²) in [5.41, 5.74) is 7.58. The lowest BCUT2D eigenvalue weighted by molar-refractivity contribution is -0.144. The fraction of sp³-hybridized carbons (Fsp3) is 0.436. The number of pyridine rings is 2. The molecule has 12 heteroatoms. The number of rotatable bonds is 17. The van der Waals surface area contributed by atoms with Crippen molar-refractivity contribution in [1.82, 2.24) is 19.8 Å². The van der Waals surface area contributed by atoms with Crippen molar-refractivity contribution in [3.05, 3.63) is 136 Å². The monoisotopic (exact) mass is 925 g/mol. The number of benzene rings is 3. The van der Waals surface area contributed by atoms with Crippen molar-refractivity contribution in [3.63, 3.8) is 0 Å². The summed E-state index contributed by atoms with van der Waals surface area (Å²) in [5, 5.41) is 14.7. The van der Waals surface area contributed by atoms with E-state index in [0.717, 1.165) is 66.0 Å². The quantitative estimate of drug-likeness (QED) is 0.0874. The van der Waals surface area contributed by atoms with E-state index in [1.807, 2.05) is 61.8 Å². The van der Waals surface area contributed by atoms with Crippen molar-refractivity contribution in [3.8, 4) is 22.6 Å². The molecule has 3 atom stereocenters. The summed E-state index contributed by atoms with van der Waals surface area (Å²) in [6.07, 6.45) is 12.0. The van der Waals surface area contributed by atoms with E-state index in [2.05, 4.69) is 47.3 Å². The Hall–Kier alpha value is -5.94. The summed E-state index contributed by atoms with van der Waals surface area (Å²) < 4.78 is 13.0. The highest BCUT2D eigenvalue weighted by Crippen LogP contribution is 2.57. The van der Waals surface area contributed by atoms with Crippen LogP contribution in [0.2, 0.25) is 5.02 Å². The van der Waals surface area contributed by atoms with E-state index in [0.29, 0.717) is 86.5 Å². The molecule has 11 nitrogen and oxygen atoms in total. The summed E-state index contributed by atoms with van der Waals surface area (Å²) in [5.74, 6) is 1.75. The molecule has 67 heavy (non-hydrogen) atoms. The van der Waals surface area contributed by atoms with Crippen LogP contribution in [0.25, 0.3) is 11.1 Å². The number of aryl methyl sites for hydroxylation is 1. The zero-order valence-electron chi connectivity index (χ0n) is 39.5. The number of hydrogen-bond acceptors (Lipinski definition) is 8. The zero-order chi connectivity index (χ0) is 47.3. The molecule has 0 unspecified atom stereocenters. The summed E-state index contributed by atoms with van der Waals surface area (Å²) in [6, 6.07) is 27.4. The maximum absolute atomic E-state index is 13.3. The Balaban J connectivity index is 0.918. The second kappa shape index (κ2) is 20.5. The molecule has 3 aromatic carbocycles. The van der Waals surface area contributed by atoms with Crippen molar-refractivity contribution >= 4 is 35.1 Å². The highest BCUT2D eigenvalue weighted by molar-refractivity contribution is 6.30. The third kappa shape index (κ3) is 10.6. The number of nitrogens with zero attached hydrogens (tertiary/aromatic N) is 4. The molecule has 352 valence electrons. The molecular formula is C55H64ClN5O6. The van der Waals surface area contributed by atoms with Gasteiger partial charge in [0.1, 0.15) is 22.7 Å². The van der Waals surface area contributed by atoms with Crippen molar-refractivity contribution in [1.29, 1.82) is 0 Å². The number of carbonyl (C=O) groups excluding carboxylic acids is 2. The minimum absolute atomic E-state index is 0.0323. The van der Waals surface area contributed by atoms with Crippen LogP contribution in [0.4, 0.5) is 5.69 Å². The summed E-state index contributed by atoms with van der Waals surface area (Å²) in [6.45, 7) is 6.00. The van der Waals surface area contributed by atoms with Gasteiger partial charge in [-0.2, -0.15) is 0 Å². The highest BCUT2D eigenvalue weighted by Gasteiger charge is 2.54. The van der Waals surface area contributed by atoms with Crippen LogP contribution >= 0.6 is 11.6 Å². The normalized spacial score (nSPS) is 21.2. The van der Waals surface area contributed by atoms with Crippen molar-refractivity contribution < 1.29 is 29.0 Å². The number of carboxylic acid groups (broad SMARTS) is 1. The van der Waals surface area contributed by atoms with Crippen molar-refractivity contribution in [2.24, 2.45) is 11.8 Å². The van der Waals surface area contributed by atoms with Crippen molar-refractivity contribution in [2.45, 2.75) is 108 Å². The number of aliphatic carboxylic acids is 1. The molecule has 1 saturated carbocycles. The molecule has 1 fully saturated rings. The van der Waals surface area contributed by atoms with Crippen LogP contribution in [0.15, 0.2) is 97.3 Å². The third-order valence-electron chi connectivity index (χ3n) is 14.6. The molecule has 2 aromatic heterocycles. The van der Waals surface area contributed by atoms with Crippen LogP contribution in [0, 0.1) is 11.8 Å². The zero-order valence-corrected chi connectivity index (χ0v) is 40.3. The first kappa shape index (κ1) is 47.5. The minimum Gasteiger partial charge on any atom is -0.494 e. The maximum atomic E-state index is 13.3. The third-order valence-corrected chi connectivity index (χ3v) is 14.8. The highest BCUT2D eigenvalue weighted by atomic mass is 35.5. The average molecular weight is 927 g/mol. The van der Waals surface area contributed by atoms with Gasteiger partial charge in [-0.25, -0.2) is 4.79 Å². The maximum Gasteiger partial charge on any atom is 0.329 e. The van der Waals surface area contributed by atoms with E-state index in [9.17, 15) is 19.5 Å².